The summed E-state index contributed by atoms with van der Waals surface area (Å²) in [5, 5.41) is 3.17. The van der Waals surface area contributed by atoms with Crippen molar-refractivity contribution >= 4 is 15.8 Å². The summed E-state index contributed by atoms with van der Waals surface area (Å²) in [6.07, 6.45) is 5.51. The van der Waals surface area contributed by atoms with Crippen molar-refractivity contribution in [2.45, 2.75) is 36.6 Å². The predicted molar refractivity (Wildman–Crippen MR) is 116 cm³/mol. The lowest BCUT2D eigenvalue weighted by atomic mass is 10.1. The molecule has 1 aromatic heterocycles. The molecule has 0 radical (unpaired) electrons. The molecule has 7 nitrogen and oxygen atoms in total. The normalized spacial score (nSPS) is 17.0. The molecule has 1 aromatic carbocycles. The van der Waals surface area contributed by atoms with Crippen molar-refractivity contribution in [1.82, 2.24) is 14.5 Å². The van der Waals surface area contributed by atoms with Gasteiger partial charge in [0, 0.05) is 25.2 Å². The van der Waals surface area contributed by atoms with Crippen LogP contribution >= 0.6 is 0 Å². The Labute approximate surface area is 179 Å². The molecular weight excluding hydrogens is 402 g/mol. The molecule has 0 saturated carbocycles. The molecule has 30 heavy (non-hydrogen) atoms. The molecule has 1 atom stereocenters. The van der Waals surface area contributed by atoms with Crippen molar-refractivity contribution in [2.75, 3.05) is 40.3 Å². The number of nitrogens with one attached hydrogen (secondary N) is 1. The maximum Gasteiger partial charge on any atom is 0.243 e. The molecule has 164 valence electrons. The van der Waals surface area contributed by atoms with E-state index in [4.69, 9.17) is 4.42 Å². The van der Waals surface area contributed by atoms with Crippen molar-refractivity contribution in [2.24, 2.45) is 0 Å². The Morgan fingerprint density at radius 2 is 1.87 bits per heavy atom. The van der Waals surface area contributed by atoms with Crippen LogP contribution in [0, 0.1) is 0 Å². The van der Waals surface area contributed by atoms with Crippen LogP contribution in [0.5, 0.6) is 0 Å². The minimum absolute atomic E-state index is 0.00236. The first kappa shape index (κ1) is 22.7. The van der Waals surface area contributed by atoms with Crippen LogP contribution in [0.15, 0.2) is 52.0 Å². The Balaban J connectivity index is 1.64. The van der Waals surface area contributed by atoms with Gasteiger partial charge in [0.25, 0.3) is 0 Å². The zero-order chi connectivity index (χ0) is 21.6. The summed E-state index contributed by atoms with van der Waals surface area (Å²) in [5.41, 5.74) is 0.401. The Morgan fingerprint density at radius 3 is 2.50 bits per heavy atom. The second-order valence-electron chi connectivity index (χ2n) is 7.90. The molecule has 8 heteroatoms. The summed E-state index contributed by atoms with van der Waals surface area (Å²) in [4.78, 5) is 14.9. The van der Waals surface area contributed by atoms with E-state index in [2.05, 4.69) is 5.32 Å². The number of hydrogen-bond donors (Lipinski definition) is 1. The molecular formula is C22H31N3O4S. The number of ketones is 1. The summed E-state index contributed by atoms with van der Waals surface area (Å²) >= 11 is 0. The highest BCUT2D eigenvalue weighted by Gasteiger charge is 2.26. The van der Waals surface area contributed by atoms with Crippen LogP contribution in [-0.2, 0) is 10.0 Å². The highest BCUT2D eigenvalue weighted by molar-refractivity contribution is 7.89. The first-order valence-corrected chi connectivity index (χ1v) is 11.9. The van der Waals surface area contributed by atoms with Gasteiger partial charge in [-0.3, -0.25) is 9.69 Å². The van der Waals surface area contributed by atoms with Gasteiger partial charge in [0.2, 0.25) is 10.0 Å². The van der Waals surface area contributed by atoms with E-state index in [9.17, 15) is 13.2 Å². The second kappa shape index (κ2) is 10.3. The Morgan fingerprint density at radius 1 is 1.13 bits per heavy atom. The van der Waals surface area contributed by atoms with E-state index in [-0.39, 0.29) is 23.3 Å². The van der Waals surface area contributed by atoms with Crippen LogP contribution in [0.25, 0.3) is 0 Å². The number of hydrogen-bond acceptors (Lipinski definition) is 6. The average molecular weight is 434 g/mol. The molecule has 1 saturated heterocycles. The Hall–Kier alpha value is -2.00. The van der Waals surface area contributed by atoms with Gasteiger partial charge < -0.3 is 9.73 Å². The zero-order valence-corrected chi connectivity index (χ0v) is 18.5. The second-order valence-corrected chi connectivity index (χ2v) is 9.83. The van der Waals surface area contributed by atoms with E-state index in [1.54, 1.807) is 28.8 Å². The van der Waals surface area contributed by atoms with E-state index in [1.165, 1.54) is 6.07 Å². The molecule has 1 unspecified atom stereocenters. The molecule has 1 N–H and O–H groups in total. The standard InChI is InChI=1S/C22H31N3O4S/c1-24(2)20(22-11-8-14-29-22)16-23-17-21(26)18-9-7-10-19(15-18)30(27,28)25-12-5-3-4-6-13-25/h7-11,14-15,20,23H,3-6,12-13,16-17H2,1-2H3. The van der Waals surface area contributed by atoms with Crippen LogP contribution in [0.1, 0.15) is 47.8 Å². The third kappa shape index (κ3) is 5.57. The van der Waals surface area contributed by atoms with Crippen LogP contribution in [0.4, 0.5) is 0 Å². The number of sulfonamides is 1. The largest absolute Gasteiger partial charge is 0.468 e. The first-order valence-electron chi connectivity index (χ1n) is 10.4. The van der Waals surface area contributed by atoms with E-state index in [0.29, 0.717) is 25.2 Å². The maximum atomic E-state index is 13.0. The van der Waals surface area contributed by atoms with Gasteiger partial charge >= 0.3 is 0 Å². The van der Waals surface area contributed by atoms with Crippen LogP contribution in [0.3, 0.4) is 0 Å². The average Bonchev–Trinajstić information content (AvgIpc) is 3.11. The smallest absolute Gasteiger partial charge is 0.243 e. The highest BCUT2D eigenvalue weighted by atomic mass is 32.2. The topological polar surface area (TPSA) is 82.9 Å². The van der Waals surface area contributed by atoms with E-state index in [0.717, 1.165) is 31.4 Å². The maximum absolute atomic E-state index is 13.0. The molecule has 1 aliphatic heterocycles. The molecule has 2 aromatic rings. The van der Waals surface area contributed by atoms with Crippen molar-refractivity contribution in [3.63, 3.8) is 0 Å². The van der Waals surface area contributed by atoms with Gasteiger partial charge in [0.05, 0.1) is 23.7 Å². The number of rotatable bonds is 9. The van der Waals surface area contributed by atoms with Crippen molar-refractivity contribution in [3.8, 4) is 0 Å². The summed E-state index contributed by atoms with van der Waals surface area (Å²) < 4.78 is 33.0. The summed E-state index contributed by atoms with van der Waals surface area (Å²) in [6.45, 7) is 1.75. The van der Waals surface area contributed by atoms with E-state index < -0.39 is 10.0 Å². The minimum Gasteiger partial charge on any atom is -0.468 e. The van der Waals surface area contributed by atoms with Gasteiger partial charge in [-0.15, -0.1) is 0 Å². The molecule has 2 heterocycles. The molecule has 0 bridgehead atoms. The van der Waals surface area contributed by atoms with Gasteiger partial charge in [-0.2, -0.15) is 4.31 Å². The zero-order valence-electron chi connectivity index (χ0n) is 17.7. The number of Topliss-reactive ketones (excluding diaryl/α,β-unsaturated/α-hetero) is 1. The first-order chi connectivity index (χ1) is 14.4. The number of furan rings is 1. The molecule has 3 rings (SSSR count). The Kier molecular flexibility index (Phi) is 7.82. The van der Waals surface area contributed by atoms with Gasteiger partial charge in [-0.05, 0) is 51.2 Å². The molecule has 1 fully saturated rings. The molecule has 0 spiro atoms. The van der Waals surface area contributed by atoms with Gasteiger partial charge in [0.15, 0.2) is 5.78 Å². The van der Waals surface area contributed by atoms with Crippen LogP contribution in [-0.4, -0.2) is 63.7 Å². The quantitative estimate of drug-likeness (QED) is 0.612. The van der Waals surface area contributed by atoms with Crippen LogP contribution in [0.2, 0.25) is 0 Å². The van der Waals surface area contributed by atoms with Crippen molar-refractivity contribution < 1.29 is 17.6 Å². The number of carbonyl (C=O) groups excluding carboxylic acids is 1. The van der Waals surface area contributed by atoms with Gasteiger partial charge in [-0.25, -0.2) is 8.42 Å². The number of benzene rings is 1. The third-order valence-corrected chi connectivity index (χ3v) is 7.37. The molecule has 0 amide bonds. The fourth-order valence-electron chi connectivity index (χ4n) is 3.70. The SMILES string of the molecule is CN(C)C(CNCC(=O)c1cccc(S(=O)(=O)N2CCCCCC2)c1)c1ccco1. The van der Waals surface area contributed by atoms with E-state index in [1.807, 2.05) is 31.1 Å². The lowest BCUT2D eigenvalue weighted by molar-refractivity contribution is 0.0987. The molecule has 0 aliphatic carbocycles. The van der Waals surface area contributed by atoms with E-state index >= 15 is 0 Å². The fraction of sp³-hybridized carbons (Fsp3) is 0.500. The lowest BCUT2D eigenvalue weighted by Gasteiger charge is -2.22. The minimum atomic E-state index is -3.57. The number of nitrogens with zero attached hydrogens (tertiary/aromatic N) is 2. The Bertz CT molecular complexity index is 918. The monoisotopic (exact) mass is 433 g/mol. The van der Waals surface area contributed by atoms with Gasteiger partial charge in [0.1, 0.15) is 5.76 Å². The third-order valence-electron chi connectivity index (χ3n) is 5.48. The van der Waals surface area contributed by atoms with Gasteiger partial charge in [-0.1, -0.05) is 25.0 Å². The summed E-state index contributed by atoms with van der Waals surface area (Å²) in [7, 11) is 0.330. The van der Waals surface area contributed by atoms with Crippen molar-refractivity contribution in [3.05, 3.63) is 54.0 Å². The summed E-state index contributed by atoms with van der Waals surface area (Å²) in [5.74, 6) is 0.686. The fourth-order valence-corrected chi connectivity index (χ4v) is 5.27. The lowest BCUT2D eigenvalue weighted by Crippen LogP contribution is -2.34. The predicted octanol–water partition coefficient (Wildman–Crippen LogP) is 2.92. The van der Waals surface area contributed by atoms with Crippen molar-refractivity contribution in [1.29, 1.82) is 0 Å². The number of likely N-dealkylation sites (N-methyl/N-ethyl adjacent to an activating group) is 1. The number of carbonyl (C=O) groups is 1. The molecule has 1 aliphatic rings. The summed E-state index contributed by atoms with van der Waals surface area (Å²) in [6, 6.07) is 10.1. The van der Waals surface area contributed by atoms with Crippen LogP contribution < -0.4 is 5.32 Å². The highest BCUT2D eigenvalue weighted by Crippen LogP contribution is 2.21.